The standard InChI is InChI=1S/C14H9ClN2O4S/c15-8-1-4-10(5-2-8)22(20,21)17-9-3-6-11-12(7-9)14(19)16-13(11)18/h1-7,17H,(H,16,18,19). The Bertz CT molecular complexity index is 892. The van der Waals surface area contributed by atoms with Crippen molar-refractivity contribution in [2.45, 2.75) is 4.90 Å². The highest BCUT2D eigenvalue weighted by molar-refractivity contribution is 7.92. The first-order valence-electron chi connectivity index (χ1n) is 6.15. The second-order valence-electron chi connectivity index (χ2n) is 4.60. The van der Waals surface area contributed by atoms with Gasteiger partial charge < -0.3 is 0 Å². The van der Waals surface area contributed by atoms with E-state index in [4.69, 9.17) is 11.6 Å². The topological polar surface area (TPSA) is 92.3 Å². The van der Waals surface area contributed by atoms with Gasteiger partial charge in [0, 0.05) is 10.7 Å². The second-order valence-corrected chi connectivity index (χ2v) is 6.72. The van der Waals surface area contributed by atoms with Gasteiger partial charge in [-0.05, 0) is 42.5 Å². The largest absolute Gasteiger partial charge is 0.288 e. The van der Waals surface area contributed by atoms with Crippen molar-refractivity contribution in [3.8, 4) is 0 Å². The van der Waals surface area contributed by atoms with Gasteiger partial charge in [-0.1, -0.05) is 11.6 Å². The molecule has 0 saturated carbocycles. The molecule has 8 heteroatoms. The maximum atomic E-state index is 12.2. The summed E-state index contributed by atoms with van der Waals surface area (Å²) in [4.78, 5) is 23.1. The molecule has 0 aliphatic carbocycles. The lowest BCUT2D eigenvalue weighted by Crippen LogP contribution is -2.19. The van der Waals surface area contributed by atoms with E-state index in [0.717, 1.165) is 0 Å². The Balaban J connectivity index is 1.93. The number of hydrogen-bond donors (Lipinski definition) is 2. The van der Waals surface area contributed by atoms with E-state index in [2.05, 4.69) is 10.0 Å². The van der Waals surface area contributed by atoms with Crippen molar-refractivity contribution in [2.75, 3.05) is 4.72 Å². The molecule has 3 rings (SSSR count). The number of amides is 2. The molecule has 6 nitrogen and oxygen atoms in total. The van der Waals surface area contributed by atoms with Crippen LogP contribution in [0, 0.1) is 0 Å². The van der Waals surface area contributed by atoms with Gasteiger partial charge in [0.15, 0.2) is 0 Å². The van der Waals surface area contributed by atoms with Crippen LogP contribution in [0.1, 0.15) is 20.7 Å². The minimum Gasteiger partial charge on any atom is -0.288 e. The lowest BCUT2D eigenvalue weighted by Gasteiger charge is -2.08. The van der Waals surface area contributed by atoms with E-state index >= 15 is 0 Å². The minimum absolute atomic E-state index is 0.0397. The molecule has 2 aromatic carbocycles. The Morgan fingerprint density at radius 1 is 0.909 bits per heavy atom. The van der Waals surface area contributed by atoms with Crippen LogP contribution in [0.4, 0.5) is 5.69 Å². The van der Waals surface area contributed by atoms with Crippen LogP contribution in [0.5, 0.6) is 0 Å². The van der Waals surface area contributed by atoms with Crippen molar-refractivity contribution >= 4 is 39.1 Å². The molecule has 1 aliphatic heterocycles. The van der Waals surface area contributed by atoms with Crippen molar-refractivity contribution in [3.05, 3.63) is 58.6 Å². The number of rotatable bonds is 3. The molecule has 2 amide bonds. The summed E-state index contributed by atoms with van der Waals surface area (Å²) in [5.41, 5.74) is 0.555. The summed E-state index contributed by atoms with van der Waals surface area (Å²) in [7, 11) is -3.80. The zero-order valence-electron chi connectivity index (χ0n) is 11.0. The third-order valence-corrected chi connectivity index (χ3v) is 4.76. The summed E-state index contributed by atoms with van der Waals surface area (Å²) in [6.07, 6.45) is 0. The number of fused-ring (bicyclic) bond motifs is 1. The first-order chi connectivity index (χ1) is 10.4. The Kier molecular flexibility index (Phi) is 3.38. The SMILES string of the molecule is O=C1NC(=O)c2cc(NS(=O)(=O)c3ccc(Cl)cc3)ccc21. The van der Waals surface area contributed by atoms with Crippen molar-refractivity contribution in [3.63, 3.8) is 0 Å². The smallest absolute Gasteiger partial charge is 0.261 e. The van der Waals surface area contributed by atoms with Gasteiger partial charge in [0.25, 0.3) is 21.8 Å². The molecule has 0 atom stereocenters. The van der Waals surface area contributed by atoms with Crippen LogP contribution in [0.3, 0.4) is 0 Å². The second kappa shape index (κ2) is 5.11. The number of sulfonamides is 1. The average Bonchev–Trinajstić information content (AvgIpc) is 2.74. The van der Waals surface area contributed by atoms with Gasteiger partial charge in [-0.2, -0.15) is 0 Å². The lowest BCUT2D eigenvalue weighted by atomic mass is 10.1. The fourth-order valence-electron chi connectivity index (χ4n) is 2.06. The molecule has 22 heavy (non-hydrogen) atoms. The Hall–Kier alpha value is -2.38. The number of halogens is 1. The van der Waals surface area contributed by atoms with Crippen molar-refractivity contribution in [2.24, 2.45) is 0 Å². The number of nitrogens with one attached hydrogen (secondary N) is 2. The zero-order valence-corrected chi connectivity index (χ0v) is 12.5. The van der Waals surface area contributed by atoms with Gasteiger partial charge in [-0.3, -0.25) is 19.6 Å². The van der Waals surface area contributed by atoms with Gasteiger partial charge >= 0.3 is 0 Å². The Morgan fingerprint density at radius 3 is 2.23 bits per heavy atom. The van der Waals surface area contributed by atoms with Crippen molar-refractivity contribution < 1.29 is 18.0 Å². The molecular formula is C14H9ClN2O4S. The van der Waals surface area contributed by atoms with E-state index in [0.29, 0.717) is 5.02 Å². The third kappa shape index (κ3) is 2.56. The van der Waals surface area contributed by atoms with Gasteiger partial charge in [-0.15, -0.1) is 0 Å². The minimum atomic E-state index is -3.80. The lowest BCUT2D eigenvalue weighted by molar-refractivity contribution is 0.0879. The molecule has 0 bridgehead atoms. The molecule has 1 aliphatic rings. The van der Waals surface area contributed by atoms with Crippen molar-refractivity contribution in [1.82, 2.24) is 5.32 Å². The molecule has 0 unspecified atom stereocenters. The highest BCUT2D eigenvalue weighted by Gasteiger charge is 2.27. The van der Waals surface area contributed by atoms with Crippen LogP contribution in [0.25, 0.3) is 0 Å². The van der Waals surface area contributed by atoms with Crippen LogP contribution in [0.15, 0.2) is 47.4 Å². The van der Waals surface area contributed by atoms with Gasteiger partial charge in [0.1, 0.15) is 0 Å². The van der Waals surface area contributed by atoms with Crippen LogP contribution in [0.2, 0.25) is 5.02 Å². The number of benzene rings is 2. The van der Waals surface area contributed by atoms with Gasteiger partial charge in [-0.25, -0.2) is 8.42 Å². The summed E-state index contributed by atoms with van der Waals surface area (Å²) in [6, 6.07) is 9.81. The molecule has 0 radical (unpaired) electrons. The number of anilines is 1. The van der Waals surface area contributed by atoms with E-state index in [1.807, 2.05) is 0 Å². The van der Waals surface area contributed by atoms with Gasteiger partial charge in [0.05, 0.1) is 16.0 Å². The number of carbonyl (C=O) groups is 2. The zero-order chi connectivity index (χ0) is 15.9. The highest BCUT2D eigenvalue weighted by atomic mass is 35.5. The molecule has 0 spiro atoms. The summed E-state index contributed by atoms with van der Waals surface area (Å²) in [6.45, 7) is 0. The summed E-state index contributed by atoms with van der Waals surface area (Å²) in [5, 5.41) is 2.56. The van der Waals surface area contributed by atoms with E-state index in [-0.39, 0.29) is 21.7 Å². The summed E-state index contributed by atoms with van der Waals surface area (Å²) < 4.78 is 26.8. The molecule has 2 N–H and O–H groups in total. The number of imide groups is 1. The quantitative estimate of drug-likeness (QED) is 0.839. The Morgan fingerprint density at radius 2 is 1.55 bits per heavy atom. The van der Waals surface area contributed by atoms with Crippen LogP contribution < -0.4 is 10.0 Å². The monoisotopic (exact) mass is 336 g/mol. The van der Waals surface area contributed by atoms with E-state index < -0.39 is 21.8 Å². The predicted molar refractivity (Wildman–Crippen MR) is 80.5 cm³/mol. The maximum Gasteiger partial charge on any atom is 0.261 e. The average molecular weight is 337 g/mol. The van der Waals surface area contributed by atoms with E-state index in [1.165, 1.54) is 42.5 Å². The summed E-state index contributed by atoms with van der Waals surface area (Å²) in [5.74, 6) is -1.04. The molecule has 0 fully saturated rings. The summed E-state index contributed by atoms with van der Waals surface area (Å²) >= 11 is 5.72. The number of hydrogen-bond acceptors (Lipinski definition) is 4. The molecule has 0 saturated heterocycles. The Labute approximate surface area is 131 Å². The van der Waals surface area contributed by atoms with Gasteiger partial charge in [0.2, 0.25) is 0 Å². The van der Waals surface area contributed by atoms with E-state index in [1.54, 1.807) is 0 Å². The van der Waals surface area contributed by atoms with E-state index in [9.17, 15) is 18.0 Å². The molecule has 2 aromatic rings. The van der Waals surface area contributed by atoms with Crippen LogP contribution >= 0.6 is 11.6 Å². The normalized spacial score (nSPS) is 13.7. The molecular weight excluding hydrogens is 328 g/mol. The maximum absolute atomic E-state index is 12.2. The fraction of sp³-hybridized carbons (Fsp3) is 0. The fourth-order valence-corrected chi connectivity index (χ4v) is 3.23. The first kappa shape index (κ1) is 14.6. The highest BCUT2D eigenvalue weighted by Crippen LogP contribution is 2.23. The first-order valence-corrected chi connectivity index (χ1v) is 8.01. The molecule has 0 aromatic heterocycles. The van der Waals surface area contributed by atoms with Crippen LogP contribution in [-0.4, -0.2) is 20.2 Å². The third-order valence-electron chi connectivity index (χ3n) is 3.11. The van der Waals surface area contributed by atoms with Crippen molar-refractivity contribution in [1.29, 1.82) is 0 Å². The molecule has 112 valence electrons. The van der Waals surface area contributed by atoms with Crippen LogP contribution in [-0.2, 0) is 10.0 Å². The number of carbonyl (C=O) groups excluding carboxylic acids is 2. The predicted octanol–water partition coefficient (Wildman–Crippen LogP) is 2.02. The molecule has 1 heterocycles.